The number of hydrogen-bond acceptors (Lipinski definition) is 2. The predicted molar refractivity (Wildman–Crippen MR) is 46.4 cm³/mol. The largest absolute Gasteiger partial charge is 0.271 e. The lowest BCUT2D eigenvalue weighted by molar-refractivity contribution is -0.895. The highest BCUT2D eigenvalue weighted by Crippen LogP contribution is 1.93. The minimum absolute atomic E-state index is 0.676. The zero-order valence-electron chi connectivity index (χ0n) is 6.53. The average molecular weight is 170 g/mol. The molecule has 1 heterocycles. The van der Waals surface area contributed by atoms with Gasteiger partial charge in [0.05, 0.1) is 5.75 Å². The summed E-state index contributed by atoms with van der Waals surface area (Å²) in [5.41, 5.74) is 1.07. The van der Waals surface area contributed by atoms with Crippen LogP contribution in [0.4, 0.5) is 0 Å². The zero-order chi connectivity index (χ0) is 8.10. The van der Waals surface area contributed by atoms with Crippen molar-refractivity contribution in [3.05, 3.63) is 30.1 Å². The normalized spacial score (nSPS) is 9.64. The predicted octanol–water partition coefficient (Wildman–Crippen LogP) is 0.852. The van der Waals surface area contributed by atoms with E-state index in [9.17, 15) is 0 Å². The molecule has 0 unspecified atom stereocenters. The Morgan fingerprint density at radius 2 is 2.36 bits per heavy atom. The van der Waals surface area contributed by atoms with Crippen LogP contribution in [-0.4, -0.2) is 6.61 Å². The van der Waals surface area contributed by atoms with Crippen molar-refractivity contribution < 1.29 is 9.57 Å². The van der Waals surface area contributed by atoms with Gasteiger partial charge in [-0.1, -0.05) is 0 Å². The molecule has 0 amide bonds. The van der Waals surface area contributed by atoms with Crippen LogP contribution >= 0.6 is 12.6 Å². The molecule has 1 rings (SSSR count). The number of rotatable bonds is 3. The van der Waals surface area contributed by atoms with Gasteiger partial charge in [-0.3, -0.25) is 4.84 Å². The standard InChI is InChI=1S/C8H11NOS/c1-2-10-9-6-4-3-5-8(9)7-11/h3-6H,2,7H2,1H3/p+1. The van der Waals surface area contributed by atoms with E-state index in [1.165, 1.54) is 0 Å². The molecule has 1 aromatic heterocycles. The molecule has 11 heavy (non-hydrogen) atoms. The van der Waals surface area contributed by atoms with E-state index in [1.54, 1.807) is 4.73 Å². The Morgan fingerprint density at radius 1 is 1.55 bits per heavy atom. The Bertz CT molecular complexity index is 227. The minimum Gasteiger partial charge on any atom is -0.271 e. The summed E-state index contributed by atoms with van der Waals surface area (Å²) >= 11 is 4.17. The van der Waals surface area contributed by atoms with Gasteiger partial charge in [-0.05, 0) is 13.0 Å². The van der Waals surface area contributed by atoms with Crippen molar-refractivity contribution in [3.63, 3.8) is 0 Å². The molecule has 0 saturated heterocycles. The molecule has 3 heteroatoms. The van der Waals surface area contributed by atoms with E-state index in [-0.39, 0.29) is 0 Å². The Labute approximate surface area is 72.2 Å². The summed E-state index contributed by atoms with van der Waals surface area (Å²) < 4.78 is 1.74. The fourth-order valence-corrected chi connectivity index (χ4v) is 1.10. The fourth-order valence-electron chi connectivity index (χ4n) is 0.851. The van der Waals surface area contributed by atoms with Gasteiger partial charge in [-0.2, -0.15) is 12.6 Å². The van der Waals surface area contributed by atoms with Gasteiger partial charge in [0, 0.05) is 16.9 Å². The molecule has 0 N–H and O–H groups in total. The van der Waals surface area contributed by atoms with Crippen LogP contribution in [0.25, 0.3) is 0 Å². The second-order valence-electron chi connectivity index (χ2n) is 2.09. The second kappa shape index (κ2) is 4.23. The fraction of sp³-hybridized carbons (Fsp3) is 0.375. The van der Waals surface area contributed by atoms with Crippen LogP contribution in [0.1, 0.15) is 12.6 Å². The molecule has 0 aliphatic rings. The lowest BCUT2D eigenvalue weighted by atomic mass is 10.4. The first-order valence-corrected chi connectivity index (χ1v) is 4.25. The highest BCUT2D eigenvalue weighted by Gasteiger charge is 2.06. The van der Waals surface area contributed by atoms with Gasteiger partial charge < -0.3 is 0 Å². The molecule has 0 aromatic carbocycles. The molecule has 1 aromatic rings. The molecule has 0 fully saturated rings. The summed E-state index contributed by atoms with van der Waals surface area (Å²) in [6.45, 7) is 2.64. The van der Waals surface area contributed by atoms with E-state index in [2.05, 4.69) is 12.6 Å². The molecule has 0 atom stereocenters. The Hall–Kier alpha value is -0.700. The number of aromatic nitrogens is 1. The number of thiol groups is 1. The van der Waals surface area contributed by atoms with Gasteiger partial charge in [-0.25, -0.2) is 0 Å². The third-order valence-electron chi connectivity index (χ3n) is 1.33. The van der Waals surface area contributed by atoms with Crippen molar-refractivity contribution in [1.82, 2.24) is 0 Å². The zero-order valence-corrected chi connectivity index (χ0v) is 7.42. The smallest absolute Gasteiger partial charge is 0.243 e. The summed E-state index contributed by atoms with van der Waals surface area (Å²) in [6, 6.07) is 5.90. The van der Waals surface area contributed by atoms with Gasteiger partial charge in [0.15, 0.2) is 6.61 Å². The monoisotopic (exact) mass is 170 g/mol. The SMILES string of the molecule is CCO[n+]1ccccc1CS. The quantitative estimate of drug-likeness (QED) is 0.524. The van der Waals surface area contributed by atoms with Crippen LogP contribution in [0, 0.1) is 0 Å². The van der Waals surface area contributed by atoms with Gasteiger partial charge >= 0.3 is 0 Å². The van der Waals surface area contributed by atoms with Gasteiger partial charge in [0.2, 0.25) is 11.9 Å². The lowest BCUT2D eigenvalue weighted by Gasteiger charge is -1.97. The van der Waals surface area contributed by atoms with Crippen molar-refractivity contribution in [2.75, 3.05) is 6.61 Å². The van der Waals surface area contributed by atoms with Crippen molar-refractivity contribution in [1.29, 1.82) is 0 Å². The van der Waals surface area contributed by atoms with E-state index < -0.39 is 0 Å². The summed E-state index contributed by atoms with van der Waals surface area (Å²) in [7, 11) is 0. The maximum Gasteiger partial charge on any atom is 0.243 e. The van der Waals surface area contributed by atoms with E-state index in [4.69, 9.17) is 4.84 Å². The maximum atomic E-state index is 5.30. The second-order valence-corrected chi connectivity index (χ2v) is 2.41. The molecular weight excluding hydrogens is 158 g/mol. The molecule has 0 bridgehead atoms. The van der Waals surface area contributed by atoms with Gasteiger partial charge in [-0.15, -0.1) is 0 Å². The molecule has 0 radical (unpaired) electrons. The van der Waals surface area contributed by atoms with Crippen LogP contribution in [0.5, 0.6) is 0 Å². The Kier molecular flexibility index (Phi) is 3.23. The average Bonchev–Trinajstić information content (AvgIpc) is 2.06. The number of pyridine rings is 1. The van der Waals surface area contributed by atoms with Gasteiger partial charge in [0.1, 0.15) is 0 Å². The molecule has 0 spiro atoms. The molecule has 0 aliphatic heterocycles. The number of nitrogens with zero attached hydrogens (tertiary/aromatic N) is 1. The maximum absolute atomic E-state index is 5.30. The summed E-state index contributed by atoms with van der Waals surface area (Å²) in [5.74, 6) is 0.695. The highest BCUT2D eigenvalue weighted by molar-refractivity contribution is 7.79. The van der Waals surface area contributed by atoms with Crippen LogP contribution in [0.2, 0.25) is 0 Å². The molecule has 0 saturated carbocycles. The van der Waals surface area contributed by atoms with Crippen LogP contribution in [0.15, 0.2) is 24.4 Å². The van der Waals surface area contributed by atoms with E-state index in [0.717, 1.165) is 5.69 Å². The minimum atomic E-state index is 0.676. The first-order valence-electron chi connectivity index (χ1n) is 3.62. The Balaban J connectivity index is 2.83. The third kappa shape index (κ3) is 2.12. The summed E-state index contributed by atoms with van der Waals surface area (Å²) in [6.07, 6.45) is 1.88. The lowest BCUT2D eigenvalue weighted by Crippen LogP contribution is -2.45. The molecule has 2 nitrogen and oxygen atoms in total. The van der Waals surface area contributed by atoms with E-state index in [1.807, 2.05) is 31.3 Å². The van der Waals surface area contributed by atoms with Crippen molar-refractivity contribution in [2.24, 2.45) is 0 Å². The van der Waals surface area contributed by atoms with Crippen molar-refractivity contribution >= 4 is 12.6 Å². The van der Waals surface area contributed by atoms with Crippen LogP contribution < -0.4 is 9.57 Å². The van der Waals surface area contributed by atoms with Crippen LogP contribution in [0.3, 0.4) is 0 Å². The van der Waals surface area contributed by atoms with Crippen molar-refractivity contribution in [3.8, 4) is 0 Å². The Morgan fingerprint density at radius 3 is 3.00 bits per heavy atom. The third-order valence-corrected chi connectivity index (χ3v) is 1.66. The van der Waals surface area contributed by atoms with E-state index >= 15 is 0 Å². The highest BCUT2D eigenvalue weighted by atomic mass is 32.1. The topological polar surface area (TPSA) is 13.1 Å². The van der Waals surface area contributed by atoms with E-state index in [0.29, 0.717) is 12.4 Å². The summed E-state index contributed by atoms with van der Waals surface area (Å²) in [4.78, 5) is 5.30. The molecule has 0 aliphatic carbocycles. The summed E-state index contributed by atoms with van der Waals surface area (Å²) in [5, 5.41) is 0. The van der Waals surface area contributed by atoms with Gasteiger partial charge in [0.25, 0.3) is 0 Å². The first-order chi connectivity index (χ1) is 5.38. The molecule has 60 valence electrons. The van der Waals surface area contributed by atoms with Crippen molar-refractivity contribution in [2.45, 2.75) is 12.7 Å². The first kappa shape index (κ1) is 8.40. The van der Waals surface area contributed by atoms with Crippen LogP contribution in [-0.2, 0) is 5.75 Å². The number of hydrogen-bond donors (Lipinski definition) is 1. The molecular formula is C8H12NOS+.